The van der Waals surface area contributed by atoms with Crippen molar-refractivity contribution in [1.82, 2.24) is 5.06 Å². The Balaban J connectivity index is 2.12. The summed E-state index contributed by atoms with van der Waals surface area (Å²) in [6.07, 6.45) is 2.47. The average molecular weight is 370 g/mol. The summed E-state index contributed by atoms with van der Waals surface area (Å²) >= 11 is 3.38. The summed E-state index contributed by atoms with van der Waals surface area (Å²) in [6, 6.07) is 4.78. The quantitative estimate of drug-likeness (QED) is 0.765. The van der Waals surface area contributed by atoms with Gasteiger partial charge in [-0.15, -0.1) is 0 Å². The van der Waals surface area contributed by atoms with E-state index in [1.807, 2.05) is 0 Å². The Morgan fingerprint density at radius 2 is 2.41 bits per heavy atom. The monoisotopic (exact) mass is 369 g/mol. The average Bonchev–Trinajstić information content (AvgIpc) is 2.97. The zero-order valence-corrected chi connectivity index (χ0v) is 13.8. The van der Waals surface area contributed by atoms with Crippen molar-refractivity contribution in [2.45, 2.75) is 31.4 Å². The van der Waals surface area contributed by atoms with Crippen molar-refractivity contribution in [2.24, 2.45) is 5.92 Å². The minimum absolute atomic E-state index is 0.00912. The predicted molar refractivity (Wildman–Crippen MR) is 82.0 cm³/mol. The highest BCUT2D eigenvalue weighted by Gasteiger charge is 2.60. The second-order valence-electron chi connectivity index (χ2n) is 5.72. The van der Waals surface area contributed by atoms with Gasteiger partial charge in [0.1, 0.15) is 17.5 Å². The normalized spacial score (nSPS) is 30.2. The molecule has 0 unspecified atom stereocenters. The van der Waals surface area contributed by atoms with Crippen molar-refractivity contribution < 1.29 is 18.8 Å². The first-order chi connectivity index (χ1) is 10.5. The Bertz CT molecular complexity index is 623. The highest BCUT2D eigenvalue weighted by Crippen LogP contribution is 2.54. The number of benzene rings is 1. The third kappa shape index (κ3) is 2.25. The molecule has 0 radical (unpaired) electrons. The van der Waals surface area contributed by atoms with E-state index < -0.39 is 5.54 Å². The molecule has 118 valence electrons. The number of fused-ring (bicyclic) bond motifs is 1. The molecule has 4 nitrogen and oxygen atoms in total. The Kier molecular flexibility index (Phi) is 3.99. The van der Waals surface area contributed by atoms with Crippen LogP contribution in [0.5, 0.6) is 0 Å². The minimum atomic E-state index is -0.826. The van der Waals surface area contributed by atoms with Crippen LogP contribution in [0.3, 0.4) is 0 Å². The van der Waals surface area contributed by atoms with Crippen LogP contribution in [0, 0.1) is 11.7 Å². The Hall–Kier alpha value is -1.40. The molecule has 1 saturated carbocycles. The SMILES string of the molecule is C=CO[C@H]1C[C@H]2CON(C(C)=O)[C@@]2(c2cc(Br)ccc2F)C1. The van der Waals surface area contributed by atoms with Gasteiger partial charge in [0.2, 0.25) is 5.91 Å². The van der Waals surface area contributed by atoms with Crippen LogP contribution in [0.4, 0.5) is 4.39 Å². The van der Waals surface area contributed by atoms with E-state index in [4.69, 9.17) is 9.57 Å². The van der Waals surface area contributed by atoms with E-state index in [0.717, 1.165) is 4.47 Å². The zero-order valence-electron chi connectivity index (χ0n) is 12.2. The van der Waals surface area contributed by atoms with E-state index >= 15 is 0 Å². The van der Waals surface area contributed by atoms with Gasteiger partial charge in [-0.2, -0.15) is 0 Å². The second-order valence-corrected chi connectivity index (χ2v) is 6.63. The molecule has 1 heterocycles. The minimum Gasteiger partial charge on any atom is -0.499 e. The first-order valence-corrected chi connectivity index (χ1v) is 7.94. The standard InChI is InChI=1S/C16H17BrFNO3/c1-3-21-13-6-11-9-22-19(10(2)20)16(11,8-13)14-7-12(17)4-5-15(14)18/h3-5,7,11,13H,1,6,8-9H2,2H3/t11-,13-,16-/m0/s1. The van der Waals surface area contributed by atoms with E-state index in [1.54, 1.807) is 12.1 Å². The van der Waals surface area contributed by atoms with Crippen molar-refractivity contribution in [3.05, 3.63) is 46.9 Å². The zero-order chi connectivity index (χ0) is 15.9. The second kappa shape index (κ2) is 5.66. The summed E-state index contributed by atoms with van der Waals surface area (Å²) in [5.41, 5.74) is -0.359. The fraction of sp³-hybridized carbons (Fsp3) is 0.438. The van der Waals surface area contributed by atoms with Crippen LogP contribution in [0.25, 0.3) is 0 Å². The number of hydrogen-bond donors (Lipinski definition) is 0. The summed E-state index contributed by atoms with van der Waals surface area (Å²) in [7, 11) is 0. The molecule has 6 heteroatoms. The number of ether oxygens (including phenoxy) is 1. The maximum atomic E-state index is 14.5. The van der Waals surface area contributed by atoms with Gasteiger partial charge in [-0.05, 0) is 24.6 Å². The number of carbonyl (C=O) groups excluding carboxylic acids is 1. The number of carbonyl (C=O) groups is 1. The van der Waals surface area contributed by atoms with Crippen LogP contribution in [0.2, 0.25) is 0 Å². The first kappa shape index (κ1) is 15.5. The van der Waals surface area contributed by atoms with Gasteiger partial charge >= 0.3 is 0 Å². The van der Waals surface area contributed by atoms with Crippen LogP contribution in [0.1, 0.15) is 25.3 Å². The van der Waals surface area contributed by atoms with Gasteiger partial charge in [-0.25, -0.2) is 9.45 Å². The van der Waals surface area contributed by atoms with E-state index in [9.17, 15) is 9.18 Å². The highest BCUT2D eigenvalue weighted by molar-refractivity contribution is 9.10. The molecule has 1 saturated heterocycles. The van der Waals surface area contributed by atoms with Gasteiger partial charge in [0.15, 0.2) is 0 Å². The van der Waals surface area contributed by atoms with Gasteiger partial charge in [0, 0.05) is 29.3 Å². The maximum absolute atomic E-state index is 14.5. The van der Waals surface area contributed by atoms with Gasteiger partial charge < -0.3 is 4.74 Å². The molecule has 22 heavy (non-hydrogen) atoms. The molecule has 3 rings (SSSR count). The summed E-state index contributed by atoms with van der Waals surface area (Å²) in [6.45, 7) is 5.39. The molecule has 0 bridgehead atoms. The first-order valence-electron chi connectivity index (χ1n) is 7.14. The van der Waals surface area contributed by atoms with Gasteiger partial charge in [-0.3, -0.25) is 9.63 Å². The lowest BCUT2D eigenvalue weighted by Crippen LogP contribution is -2.45. The van der Waals surface area contributed by atoms with Crippen LogP contribution >= 0.6 is 15.9 Å². The molecular weight excluding hydrogens is 353 g/mol. The lowest BCUT2D eigenvalue weighted by atomic mass is 9.81. The number of hydrogen-bond acceptors (Lipinski definition) is 3. The molecule has 1 aliphatic heterocycles. The van der Waals surface area contributed by atoms with Gasteiger partial charge in [-0.1, -0.05) is 22.5 Å². The number of halogens is 2. The molecule has 3 atom stereocenters. The van der Waals surface area contributed by atoms with Crippen molar-refractivity contribution in [3.63, 3.8) is 0 Å². The Labute approximate surface area is 137 Å². The van der Waals surface area contributed by atoms with Crippen LogP contribution in [0.15, 0.2) is 35.5 Å². The molecule has 1 aliphatic carbocycles. The van der Waals surface area contributed by atoms with Crippen molar-refractivity contribution in [1.29, 1.82) is 0 Å². The van der Waals surface area contributed by atoms with E-state index in [1.165, 1.54) is 24.3 Å². The topological polar surface area (TPSA) is 38.8 Å². The van der Waals surface area contributed by atoms with Crippen LogP contribution in [-0.2, 0) is 19.9 Å². The third-order valence-electron chi connectivity index (χ3n) is 4.50. The largest absolute Gasteiger partial charge is 0.499 e. The molecule has 1 amide bonds. The Morgan fingerprint density at radius 1 is 1.64 bits per heavy atom. The number of hydroxylamine groups is 2. The summed E-state index contributed by atoms with van der Waals surface area (Å²) in [4.78, 5) is 17.6. The molecule has 2 aliphatic rings. The van der Waals surface area contributed by atoms with Gasteiger partial charge in [0.05, 0.1) is 12.9 Å². The number of nitrogens with zero attached hydrogens (tertiary/aromatic N) is 1. The maximum Gasteiger partial charge on any atom is 0.243 e. The Morgan fingerprint density at radius 3 is 3.09 bits per heavy atom. The molecular formula is C16H17BrFNO3. The summed E-state index contributed by atoms with van der Waals surface area (Å²) in [5.74, 6) is -0.588. The molecule has 0 aromatic heterocycles. The van der Waals surface area contributed by atoms with Crippen molar-refractivity contribution >= 4 is 21.8 Å². The van der Waals surface area contributed by atoms with Crippen molar-refractivity contribution in [3.8, 4) is 0 Å². The lowest BCUT2D eigenvalue weighted by Gasteiger charge is -2.36. The van der Waals surface area contributed by atoms with Crippen LogP contribution in [-0.4, -0.2) is 23.7 Å². The molecule has 2 fully saturated rings. The third-order valence-corrected chi connectivity index (χ3v) is 4.99. The number of amides is 1. The van der Waals surface area contributed by atoms with Crippen molar-refractivity contribution in [2.75, 3.05) is 6.61 Å². The summed E-state index contributed by atoms with van der Waals surface area (Å²) < 4.78 is 20.8. The van der Waals surface area contributed by atoms with E-state index in [2.05, 4.69) is 22.5 Å². The van der Waals surface area contributed by atoms with Crippen LogP contribution < -0.4 is 0 Å². The van der Waals surface area contributed by atoms with Gasteiger partial charge in [0.25, 0.3) is 0 Å². The van der Waals surface area contributed by atoms with E-state index in [0.29, 0.717) is 25.0 Å². The molecule has 1 aromatic rings. The fourth-order valence-electron chi connectivity index (χ4n) is 3.72. The molecule has 1 aromatic carbocycles. The highest BCUT2D eigenvalue weighted by atomic mass is 79.9. The molecule has 0 N–H and O–H groups in total. The smallest absolute Gasteiger partial charge is 0.243 e. The predicted octanol–water partition coefficient (Wildman–Crippen LogP) is 3.52. The molecule has 0 spiro atoms. The number of rotatable bonds is 3. The summed E-state index contributed by atoms with van der Waals surface area (Å²) in [5, 5.41) is 1.33. The lowest BCUT2D eigenvalue weighted by molar-refractivity contribution is -0.191. The van der Waals surface area contributed by atoms with E-state index in [-0.39, 0.29) is 23.7 Å². The fourth-order valence-corrected chi connectivity index (χ4v) is 4.08.